The highest BCUT2D eigenvalue weighted by molar-refractivity contribution is 5.87. The number of carbonyl (C=O) groups excluding carboxylic acids is 2. The molecule has 4 aromatic rings. The van der Waals surface area contributed by atoms with E-state index in [2.05, 4.69) is 53.2 Å². The summed E-state index contributed by atoms with van der Waals surface area (Å²) < 4.78 is 4.14. The summed E-state index contributed by atoms with van der Waals surface area (Å²) in [5, 5.41) is 4.23. The third kappa shape index (κ3) is 4.89. The van der Waals surface area contributed by atoms with Crippen molar-refractivity contribution in [1.82, 2.24) is 19.4 Å². The van der Waals surface area contributed by atoms with Gasteiger partial charge in [-0.25, -0.2) is 0 Å². The Kier molecular flexibility index (Phi) is 6.81. The fourth-order valence-corrected chi connectivity index (χ4v) is 6.55. The highest BCUT2D eigenvalue weighted by Crippen LogP contribution is 2.35. The molecule has 1 N–H and O–H groups in total. The summed E-state index contributed by atoms with van der Waals surface area (Å²) in [5.41, 5.74) is 5.75. The Balaban J connectivity index is 1.05. The average molecular weight is 523 g/mol. The zero-order valence-electron chi connectivity index (χ0n) is 22.3. The maximum atomic E-state index is 13.0. The molecule has 0 saturated carbocycles. The minimum absolute atomic E-state index is 0.0216. The topological polar surface area (TPSA) is 76.3 Å². The van der Waals surface area contributed by atoms with Gasteiger partial charge in [-0.1, -0.05) is 42.5 Å². The van der Waals surface area contributed by atoms with Gasteiger partial charge in [-0.05, 0) is 55.5 Å². The van der Waals surface area contributed by atoms with Gasteiger partial charge in [-0.2, -0.15) is 0 Å². The van der Waals surface area contributed by atoms with Gasteiger partial charge in [0.15, 0.2) is 0 Å². The number of aromatic nitrogens is 2. The van der Waals surface area contributed by atoms with E-state index in [0.29, 0.717) is 26.2 Å². The van der Waals surface area contributed by atoms with E-state index in [1.807, 2.05) is 33.7 Å². The number of likely N-dealkylation sites (tertiary alicyclic amines) is 1. The van der Waals surface area contributed by atoms with Crippen LogP contribution in [-0.4, -0.2) is 45.5 Å². The number of rotatable bonds is 7. The van der Waals surface area contributed by atoms with Crippen LogP contribution < -0.4 is 10.9 Å². The Morgan fingerprint density at radius 1 is 0.897 bits per heavy atom. The molecule has 2 aliphatic rings. The number of hydrogen-bond donors (Lipinski definition) is 1. The van der Waals surface area contributed by atoms with Crippen molar-refractivity contribution in [3.8, 4) is 5.69 Å². The Morgan fingerprint density at radius 3 is 2.54 bits per heavy atom. The van der Waals surface area contributed by atoms with Gasteiger partial charge in [-0.15, -0.1) is 0 Å². The summed E-state index contributed by atoms with van der Waals surface area (Å²) in [7, 11) is 0. The van der Waals surface area contributed by atoms with Crippen LogP contribution in [0.15, 0.2) is 77.6 Å². The molecule has 7 heteroatoms. The molecule has 2 atom stereocenters. The van der Waals surface area contributed by atoms with Crippen molar-refractivity contribution in [3.05, 3.63) is 100 Å². The van der Waals surface area contributed by atoms with E-state index in [4.69, 9.17) is 0 Å². The van der Waals surface area contributed by atoms with Crippen molar-refractivity contribution < 1.29 is 9.59 Å². The second-order valence-electron chi connectivity index (χ2n) is 10.8. The van der Waals surface area contributed by atoms with Gasteiger partial charge in [0, 0.05) is 73.5 Å². The van der Waals surface area contributed by atoms with Gasteiger partial charge >= 0.3 is 0 Å². The Hall–Kier alpha value is -4.13. The first-order valence-corrected chi connectivity index (χ1v) is 13.9. The highest BCUT2D eigenvalue weighted by atomic mass is 16.2. The van der Waals surface area contributed by atoms with Crippen molar-refractivity contribution in [1.29, 1.82) is 0 Å². The highest BCUT2D eigenvalue weighted by Gasteiger charge is 2.36. The maximum absolute atomic E-state index is 13.0. The smallest absolute Gasteiger partial charge is 0.250 e. The minimum atomic E-state index is -0.0955. The molecular formula is C32H34N4O3. The summed E-state index contributed by atoms with van der Waals surface area (Å²) >= 11 is 0. The predicted molar refractivity (Wildman–Crippen MR) is 152 cm³/mol. The number of fused-ring (bicyclic) bond motifs is 5. The molecule has 2 amide bonds. The lowest BCUT2D eigenvalue weighted by molar-refractivity contribution is -0.136. The van der Waals surface area contributed by atoms with Crippen LogP contribution in [0.4, 0.5) is 0 Å². The number of nitrogens with zero attached hydrogens (tertiary/aromatic N) is 3. The van der Waals surface area contributed by atoms with Gasteiger partial charge in [0.25, 0.3) is 5.56 Å². The van der Waals surface area contributed by atoms with E-state index >= 15 is 0 Å². The molecule has 200 valence electrons. The van der Waals surface area contributed by atoms with E-state index < -0.39 is 0 Å². The Bertz CT molecular complexity index is 1590. The third-order valence-electron chi connectivity index (χ3n) is 8.35. The summed E-state index contributed by atoms with van der Waals surface area (Å²) in [4.78, 5) is 39.8. The number of carbonyl (C=O) groups is 2. The molecule has 2 aliphatic heterocycles. The lowest BCUT2D eigenvalue weighted by Gasteiger charge is -2.42. The van der Waals surface area contributed by atoms with Crippen molar-refractivity contribution in [2.45, 2.75) is 45.1 Å². The van der Waals surface area contributed by atoms with Gasteiger partial charge in [-0.3, -0.25) is 14.4 Å². The molecule has 6 rings (SSSR count). The molecule has 0 spiro atoms. The second kappa shape index (κ2) is 10.6. The number of nitrogens with one attached hydrogen (secondary N) is 1. The van der Waals surface area contributed by atoms with Crippen LogP contribution in [0.5, 0.6) is 0 Å². The number of piperidine rings is 1. The molecule has 1 fully saturated rings. The molecule has 7 nitrogen and oxygen atoms in total. The molecule has 0 radical (unpaired) electrons. The molecule has 0 aliphatic carbocycles. The number of para-hydroxylation sites is 2. The molecule has 1 saturated heterocycles. The normalized spacial score (nSPS) is 18.1. The number of benzene rings is 2. The van der Waals surface area contributed by atoms with Gasteiger partial charge in [0.1, 0.15) is 0 Å². The number of hydrogen-bond acceptors (Lipinski definition) is 3. The van der Waals surface area contributed by atoms with Crippen LogP contribution in [0, 0.1) is 12.8 Å². The summed E-state index contributed by atoms with van der Waals surface area (Å²) in [6.07, 6.45) is 2.12. The lowest BCUT2D eigenvalue weighted by Crippen LogP contribution is -2.49. The molecule has 2 aromatic heterocycles. The first-order chi connectivity index (χ1) is 19.0. The van der Waals surface area contributed by atoms with Crippen molar-refractivity contribution in [2.24, 2.45) is 5.92 Å². The molecule has 2 aromatic carbocycles. The van der Waals surface area contributed by atoms with Crippen LogP contribution in [0.25, 0.3) is 16.6 Å². The summed E-state index contributed by atoms with van der Waals surface area (Å²) in [6, 6.07) is 24.1. The van der Waals surface area contributed by atoms with Crippen LogP contribution >= 0.6 is 0 Å². The van der Waals surface area contributed by atoms with Crippen LogP contribution in [0.3, 0.4) is 0 Å². The average Bonchev–Trinajstić information content (AvgIpc) is 3.23. The fraction of sp³-hybridized carbons (Fsp3) is 0.344. The zero-order valence-corrected chi connectivity index (χ0v) is 22.3. The van der Waals surface area contributed by atoms with E-state index in [0.717, 1.165) is 29.7 Å². The van der Waals surface area contributed by atoms with E-state index in [9.17, 15) is 14.4 Å². The van der Waals surface area contributed by atoms with Crippen molar-refractivity contribution >= 4 is 22.7 Å². The number of amides is 2. The fourth-order valence-electron chi connectivity index (χ4n) is 6.55. The minimum Gasteiger partial charge on any atom is -0.356 e. The SMILES string of the molecule is Cc1c(CCNC(=O)CCC(=O)N2CC3C[C@@H](C2)Cn2c3cccc2=O)c2ccccc2n1-c1ccccc1. The largest absolute Gasteiger partial charge is 0.356 e. The van der Waals surface area contributed by atoms with Crippen LogP contribution in [0.1, 0.15) is 42.1 Å². The Morgan fingerprint density at radius 2 is 1.69 bits per heavy atom. The number of pyridine rings is 1. The van der Waals surface area contributed by atoms with Crippen molar-refractivity contribution in [3.63, 3.8) is 0 Å². The quantitative estimate of drug-likeness (QED) is 0.396. The predicted octanol–water partition coefficient (Wildman–Crippen LogP) is 4.19. The third-order valence-corrected chi connectivity index (χ3v) is 8.35. The first kappa shape index (κ1) is 25.2. The van der Waals surface area contributed by atoms with Gasteiger partial charge < -0.3 is 19.4 Å². The summed E-state index contributed by atoms with van der Waals surface area (Å²) in [5.74, 6) is 0.399. The van der Waals surface area contributed by atoms with Crippen molar-refractivity contribution in [2.75, 3.05) is 19.6 Å². The summed E-state index contributed by atoms with van der Waals surface area (Å²) in [6.45, 7) is 4.59. The van der Waals surface area contributed by atoms with Gasteiger partial charge in [0.05, 0.1) is 5.52 Å². The standard InChI is InChI=1S/C32H34N4O3/c1-22-26(27-10-5-6-11-29(27)36(22)25-8-3-2-4-9-25)16-17-33-30(37)14-15-31(38)34-19-23-18-24(21-34)28-12-7-13-32(39)35(28)20-23/h2-13,23-24H,14-21H2,1H3,(H,33,37)/t23-,24?/m0/s1. The molecule has 4 heterocycles. The van der Waals surface area contributed by atoms with E-state index in [1.165, 1.54) is 16.6 Å². The van der Waals surface area contributed by atoms with E-state index in [1.54, 1.807) is 12.1 Å². The molecule has 1 unspecified atom stereocenters. The van der Waals surface area contributed by atoms with Crippen LogP contribution in [0.2, 0.25) is 0 Å². The first-order valence-electron chi connectivity index (χ1n) is 13.9. The maximum Gasteiger partial charge on any atom is 0.250 e. The second-order valence-corrected chi connectivity index (χ2v) is 10.8. The van der Waals surface area contributed by atoms with E-state index in [-0.39, 0.29) is 42.1 Å². The molecule has 39 heavy (non-hydrogen) atoms. The molecule has 2 bridgehead atoms. The lowest BCUT2D eigenvalue weighted by atomic mass is 9.83. The Labute approximate surface area is 228 Å². The molecular weight excluding hydrogens is 488 g/mol. The van der Waals surface area contributed by atoms with Crippen LogP contribution in [-0.2, 0) is 22.6 Å². The zero-order chi connectivity index (χ0) is 26.9. The monoisotopic (exact) mass is 522 g/mol. The van der Waals surface area contributed by atoms with Gasteiger partial charge in [0.2, 0.25) is 11.8 Å².